The van der Waals surface area contributed by atoms with Crippen LogP contribution in [0.25, 0.3) is 0 Å². The van der Waals surface area contributed by atoms with Gasteiger partial charge in [-0.1, -0.05) is 6.92 Å². The average Bonchev–Trinajstić information content (AvgIpc) is 2.41. The fourth-order valence-corrected chi connectivity index (χ4v) is 2.24. The van der Waals surface area contributed by atoms with E-state index >= 15 is 0 Å². The summed E-state index contributed by atoms with van der Waals surface area (Å²) < 4.78 is 18.7. The molecule has 1 aliphatic heterocycles. The van der Waals surface area contributed by atoms with Gasteiger partial charge in [0.2, 0.25) is 0 Å². The molecular formula is C14H20ClFN2O2. The molecule has 4 nitrogen and oxygen atoms in total. The molecule has 0 aromatic heterocycles. The van der Waals surface area contributed by atoms with Gasteiger partial charge in [0.15, 0.2) is 0 Å². The molecule has 2 unspecified atom stereocenters. The number of piperidine rings is 1. The van der Waals surface area contributed by atoms with Gasteiger partial charge in [0.1, 0.15) is 11.6 Å². The zero-order valence-corrected chi connectivity index (χ0v) is 12.4. The van der Waals surface area contributed by atoms with E-state index in [4.69, 9.17) is 4.74 Å². The fourth-order valence-electron chi connectivity index (χ4n) is 2.24. The van der Waals surface area contributed by atoms with Crippen LogP contribution in [0.2, 0.25) is 0 Å². The van der Waals surface area contributed by atoms with Crippen molar-refractivity contribution in [1.82, 2.24) is 10.6 Å². The average molecular weight is 303 g/mol. The maximum Gasteiger partial charge on any atom is 0.254 e. The molecule has 2 N–H and O–H groups in total. The van der Waals surface area contributed by atoms with Crippen molar-refractivity contribution >= 4 is 18.3 Å². The first-order chi connectivity index (χ1) is 9.11. The first-order valence-corrected chi connectivity index (χ1v) is 6.47. The molecule has 1 aliphatic rings. The first kappa shape index (κ1) is 16.7. The van der Waals surface area contributed by atoms with Crippen molar-refractivity contribution in [2.24, 2.45) is 5.92 Å². The summed E-state index contributed by atoms with van der Waals surface area (Å²) in [7, 11) is 1.46. The Hall–Kier alpha value is -1.33. The fraction of sp³-hybridized carbons (Fsp3) is 0.500. The molecule has 112 valence electrons. The van der Waals surface area contributed by atoms with E-state index in [2.05, 4.69) is 17.6 Å². The van der Waals surface area contributed by atoms with Crippen LogP contribution in [0, 0.1) is 11.7 Å². The number of halogens is 2. The number of nitrogens with one attached hydrogen (secondary N) is 2. The highest BCUT2D eigenvalue weighted by Crippen LogP contribution is 2.17. The minimum absolute atomic E-state index is 0. The van der Waals surface area contributed by atoms with Crippen LogP contribution < -0.4 is 15.4 Å². The second-order valence-corrected chi connectivity index (χ2v) is 4.90. The number of amides is 1. The second kappa shape index (κ2) is 7.45. The Morgan fingerprint density at radius 3 is 2.85 bits per heavy atom. The molecule has 2 atom stereocenters. The maximum absolute atomic E-state index is 13.8. The van der Waals surface area contributed by atoms with E-state index in [1.807, 2.05) is 0 Å². The molecular weight excluding hydrogens is 283 g/mol. The molecule has 0 spiro atoms. The predicted molar refractivity (Wildman–Crippen MR) is 78.1 cm³/mol. The summed E-state index contributed by atoms with van der Waals surface area (Å²) in [6.07, 6.45) is 1.01. The highest BCUT2D eigenvalue weighted by molar-refractivity contribution is 5.94. The van der Waals surface area contributed by atoms with Crippen LogP contribution in [0.3, 0.4) is 0 Å². The molecule has 1 saturated heterocycles. The maximum atomic E-state index is 13.8. The normalized spacial score (nSPS) is 21.8. The number of hydrogen-bond acceptors (Lipinski definition) is 3. The van der Waals surface area contributed by atoms with Crippen molar-refractivity contribution in [2.75, 3.05) is 20.2 Å². The van der Waals surface area contributed by atoms with Crippen LogP contribution in [0.4, 0.5) is 4.39 Å². The molecule has 0 aliphatic carbocycles. The van der Waals surface area contributed by atoms with Crippen LogP contribution in [0.1, 0.15) is 23.7 Å². The molecule has 1 heterocycles. The molecule has 1 aromatic carbocycles. The largest absolute Gasteiger partial charge is 0.497 e. The highest BCUT2D eigenvalue weighted by Gasteiger charge is 2.24. The lowest BCUT2D eigenvalue weighted by molar-refractivity contribution is 0.0911. The molecule has 1 fully saturated rings. The van der Waals surface area contributed by atoms with Crippen molar-refractivity contribution < 1.29 is 13.9 Å². The molecule has 20 heavy (non-hydrogen) atoms. The van der Waals surface area contributed by atoms with Gasteiger partial charge in [-0.2, -0.15) is 0 Å². The minimum Gasteiger partial charge on any atom is -0.497 e. The number of methoxy groups -OCH3 is 1. The van der Waals surface area contributed by atoms with Gasteiger partial charge in [0.25, 0.3) is 5.91 Å². The summed E-state index contributed by atoms with van der Waals surface area (Å²) >= 11 is 0. The van der Waals surface area contributed by atoms with Crippen LogP contribution in [-0.2, 0) is 0 Å². The van der Waals surface area contributed by atoms with Gasteiger partial charge >= 0.3 is 0 Å². The Kier molecular flexibility index (Phi) is 6.23. The summed E-state index contributed by atoms with van der Waals surface area (Å²) in [4.78, 5) is 12.1. The quantitative estimate of drug-likeness (QED) is 0.898. The summed E-state index contributed by atoms with van der Waals surface area (Å²) in [5, 5.41) is 6.11. The van der Waals surface area contributed by atoms with Gasteiger partial charge in [-0.3, -0.25) is 4.79 Å². The Morgan fingerprint density at radius 2 is 2.25 bits per heavy atom. The van der Waals surface area contributed by atoms with Crippen molar-refractivity contribution in [3.8, 4) is 5.75 Å². The van der Waals surface area contributed by atoms with E-state index in [1.54, 1.807) is 6.07 Å². The second-order valence-electron chi connectivity index (χ2n) is 4.90. The molecule has 0 saturated carbocycles. The Balaban J connectivity index is 0.00000200. The molecule has 1 amide bonds. The summed E-state index contributed by atoms with van der Waals surface area (Å²) in [6.45, 7) is 3.78. The standard InChI is InChI=1S/C14H19FN2O2.ClH/c1-9-5-6-16-8-13(9)17-14(18)11-4-3-10(19-2)7-12(11)15;/h3-4,7,9,13,16H,5-6,8H2,1-2H3,(H,17,18);1H. The van der Waals surface area contributed by atoms with Gasteiger partial charge < -0.3 is 15.4 Å². The Morgan fingerprint density at radius 1 is 1.50 bits per heavy atom. The topological polar surface area (TPSA) is 50.4 Å². The van der Waals surface area contributed by atoms with Crippen molar-refractivity contribution in [1.29, 1.82) is 0 Å². The van der Waals surface area contributed by atoms with Crippen molar-refractivity contribution in [3.63, 3.8) is 0 Å². The van der Waals surface area contributed by atoms with Crippen molar-refractivity contribution in [2.45, 2.75) is 19.4 Å². The van der Waals surface area contributed by atoms with E-state index in [0.29, 0.717) is 11.7 Å². The summed E-state index contributed by atoms with van der Waals surface area (Å²) in [5.74, 6) is -0.137. The number of carbonyl (C=O) groups excluding carboxylic acids is 1. The van der Waals surface area contributed by atoms with Crippen LogP contribution in [-0.4, -0.2) is 32.1 Å². The summed E-state index contributed by atoms with van der Waals surface area (Å²) in [5.41, 5.74) is 0.0542. The number of rotatable bonds is 3. The number of benzene rings is 1. The SMILES string of the molecule is COc1ccc(C(=O)NC2CNCCC2C)c(F)c1.Cl. The third kappa shape index (κ3) is 3.84. The third-order valence-corrected chi connectivity index (χ3v) is 3.56. The smallest absolute Gasteiger partial charge is 0.254 e. The first-order valence-electron chi connectivity index (χ1n) is 6.47. The van der Waals surface area contributed by atoms with Gasteiger partial charge in [-0.15, -0.1) is 12.4 Å². The minimum atomic E-state index is -0.562. The third-order valence-electron chi connectivity index (χ3n) is 3.56. The molecule has 1 aromatic rings. The zero-order chi connectivity index (χ0) is 13.8. The lowest BCUT2D eigenvalue weighted by Gasteiger charge is -2.30. The van der Waals surface area contributed by atoms with E-state index in [-0.39, 0.29) is 29.9 Å². The van der Waals surface area contributed by atoms with Crippen LogP contribution in [0.5, 0.6) is 5.75 Å². The Labute approximate surface area is 124 Å². The van der Waals surface area contributed by atoms with E-state index in [9.17, 15) is 9.18 Å². The molecule has 0 bridgehead atoms. The Bertz CT molecular complexity index is 470. The van der Waals surface area contributed by atoms with Gasteiger partial charge in [-0.25, -0.2) is 4.39 Å². The van der Waals surface area contributed by atoms with E-state index in [1.165, 1.54) is 19.2 Å². The van der Waals surface area contributed by atoms with Crippen molar-refractivity contribution in [3.05, 3.63) is 29.6 Å². The number of carbonyl (C=O) groups is 1. The predicted octanol–water partition coefficient (Wildman–Crippen LogP) is 1.98. The van der Waals surface area contributed by atoms with E-state index < -0.39 is 5.82 Å². The highest BCUT2D eigenvalue weighted by atomic mass is 35.5. The molecule has 6 heteroatoms. The van der Waals surface area contributed by atoms with E-state index in [0.717, 1.165) is 19.5 Å². The number of hydrogen-bond donors (Lipinski definition) is 2. The van der Waals surface area contributed by atoms with Gasteiger partial charge in [0.05, 0.1) is 12.7 Å². The van der Waals surface area contributed by atoms with Gasteiger partial charge in [0, 0.05) is 18.7 Å². The zero-order valence-electron chi connectivity index (χ0n) is 11.6. The number of ether oxygens (including phenoxy) is 1. The lowest BCUT2D eigenvalue weighted by atomic mass is 9.94. The van der Waals surface area contributed by atoms with Crippen LogP contribution >= 0.6 is 12.4 Å². The molecule has 2 rings (SSSR count). The molecule has 0 radical (unpaired) electrons. The van der Waals surface area contributed by atoms with Gasteiger partial charge in [-0.05, 0) is 31.0 Å². The summed E-state index contributed by atoms with van der Waals surface area (Å²) in [6, 6.07) is 4.30. The monoisotopic (exact) mass is 302 g/mol. The lowest BCUT2D eigenvalue weighted by Crippen LogP contribution is -2.50. The van der Waals surface area contributed by atoms with Crippen LogP contribution in [0.15, 0.2) is 18.2 Å².